The number of aromatic nitrogens is 1. The van der Waals surface area contributed by atoms with Gasteiger partial charge in [0, 0.05) is 23.3 Å². The first-order valence-corrected chi connectivity index (χ1v) is 10.1. The average Bonchev–Trinajstić information content (AvgIpc) is 2.64. The molecule has 0 unspecified atom stereocenters. The number of ether oxygens (including phenoxy) is 1. The number of pyridine rings is 1. The Bertz CT molecular complexity index is 640. The molecule has 140 valence electrons. The third-order valence-corrected chi connectivity index (χ3v) is 4.77. The van der Waals surface area contributed by atoms with Crippen LogP contribution in [-0.4, -0.2) is 36.6 Å². The highest BCUT2D eigenvalue weighted by molar-refractivity contribution is 9.10. The van der Waals surface area contributed by atoms with Crippen LogP contribution in [0.2, 0.25) is 0 Å². The van der Waals surface area contributed by atoms with Crippen LogP contribution in [0.25, 0.3) is 0 Å². The second-order valence-electron chi connectivity index (χ2n) is 6.62. The van der Waals surface area contributed by atoms with Crippen LogP contribution in [0.3, 0.4) is 0 Å². The maximum absolute atomic E-state index is 5.75. The molecule has 0 saturated carbocycles. The quantitative estimate of drug-likeness (QED) is 0.337. The molecule has 0 radical (unpaired) electrons. The predicted molar refractivity (Wildman–Crippen MR) is 113 cm³/mol. The minimum atomic E-state index is 0.718. The summed E-state index contributed by atoms with van der Waals surface area (Å²) in [6.45, 7) is 6.60. The summed E-state index contributed by atoms with van der Waals surface area (Å²) < 4.78 is 6.86. The summed E-state index contributed by atoms with van der Waals surface area (Å²) in [7, 11) is 2.14. The van der Waals surface area contributed by atoms with E-state index in [9.17, 15) is 0 Å². The van der Waals surface area contributed by atoms with Crippen molar-refractivity contribution in [3.8, 4) is 5.88 Å². The highest BCUT2D eigenvalue weighted by Gasteiger charge is 2.00. The van der Waals surface area contributed by atoms with E-state index in [1.54, 1.807) is 0 Å². The molecule has 0 bridgehead atoms. The van der Waals surface area contributed by atoms with Gasteiger partial charge in [0.25, 0.3) is 0 Å². The summed E-state index contributed by atoms with van der Waals surface area (Å²) in [6.07, 6.45) is 9.49. The molecule has 0 spiro atoms. The van der Waals surface area contributed by atoms with E-state index in [0.29, 0.717) is 0 Å². The summed E-state index contributed by atoms with van der Waals surface area (Å²) in [5.74, 6) is 0.718. The van der Waals surface area contributed by atoms with Crippen LogP contribution in [0.1, 0.15) is 36.8 Å². The maximum atomic E-state index is 5.75. The molecule has 0 aliphatic rings. The average molecular weight is 417 g/mol. The molecule has 1 aromatic heterocycles. The molecule has 0 atom stereocenters. The second kappa shape index (κ2) is 11.9. The van der Waals surface area contributed by atoms with Crippen LogP contribution in [0.5, 0.6) is 5.88 Å². The van der Waals surface area contributed by atoms with E-state index in [1.165, 1.54) is 30.4 Å². The molecule has 4 heteroatoms. The van der Waals surface area contributed by atoms with Gasteiger partial charge >= 0.3 is 0 Å². The van der Waals surface area contributed by atoms with Gasteiger partial charge in [0.2, 0.25) is 5.88 Å². The van der Waals surface area contributed by atoms with E-state index >= 15 is 0 Å². The van der Waals surface area contributed by atoms with Gasteiger partial charge in [0.1, 0.15) is 0 Å². The van der Waals surface area contributed by atoms with Gasteiger partial charge in [-0.15, -0.1) is 6.58 Å². The van der Waals surface area contributed by atoms with Crippen molar-refractivity contribution >= 4 is 15.9 Å². The number of likely N-dealkylation sites (N-methyl/N-ethyl adjacent to an activating group) is 1. The van der Waals surface area contributed by atoms with Crippen LogP contribution in [0.15, 0.2) is 59.7 Å². The van der Waals surface area contributed by atoms with Gasteiger partial charge < -0.3 is 9.64 Å². The summed E-state index contributed by atoms with van der Waals surface area (Å²) in [6, 6.07) is 12.5. The molecular formula is C22H29BrN2O. The Morgan fingerprint density at radius 3 is 2.46 bits per heavy atom. The van der Waals surface area contributed by atoms with Gasteiger partial charge in [0.15, 0.2) is 0 Å². The van der Waals surface area contributed by atoms with Crippen molar-refractivity contribution < 1.29 is 4.74 Å². The third kappa shape index (κ3) is 8.15. The Balaban J connectivity index is 1.60. The number of hydrogen-bond donors (Lipinski definition) is 0. The summed E-state index contributed by atoms with van der Waals surface area (Å²) in [5.41, 5.74) is 2.48. The molecule has 0 aliphatic heterocycles. The third-order valence-electron chi connectivity index (χ3n) is 4.24. The monoisotopic (exact) mass is 416 g/mol. The number of benzene rings is 1. The van der Waals surface area contributed by atoms with Crippen molar-refractivity contribution in [1.82, 2.24) is 9.88 Å². The van der Waals surface area contributed by atoms with E-state index < -0.39 is 0 Å². The lowest BCUT2D eigenvalue weighted by Crippen LogP contribution is -2.19. The van der Waals surface area contributed by atoms with Gasteiger partial charge in [-0.3, -0.25) is 0 Å². The standard InChI is InChI=1S/C22H29BrN2O/c1-3-14-25(2)15-6-4-5-7-16-26-22-13-10-20(18-24-22)17-19-8-11-21(23)12-9-19/h3,8-13,18H,1,4-7,14-17H2,2H3. The van der Waals surface area contributed by atoms with Crippen LogP contribution >= 0.6 is 15.9 Å². The fourth-order valence-corrected chi connectivity index (χ4v) is 3.03. The van der Waals surface area contributed by atoms with Gasteiger partial charge in [-0.05, 0) is 56.1 Å². The van der Waals surface area contributed by atoms with Crippen molar-refractivity contribution in [2.24, 2.45) is 0 Å². The van der Waals surface area contributed by atoms with Crippen LogP contribution in [0, 0.1) is 0 Å². The zero-order chi connectivity index (χ0) is 18.6. The zero-order valence-corrected chi connectivity index (χ0v) is 17.2. The van der Waals surface area contributed by atoms with Gasteiger partial charge in [0.05, 0.1) is 6.61 Å². The minimum absolute atomic E-state index is 0.718. The van der Waals surface area contributed by atoms with Crippen molar-refractivity contribution in [3.05, 3.63) is 70.8 Å². The van der Waals surface area contributed by atoms with E-state index in [2.05, 4.69) is 69.8 Å². The Labute approximate surface area is 166 Å². The first kappa shape index (κ1) is 20.7. The van der Waals surface area contributed by atoms with E-state index in [4.69, 9.17) is 4.74 Å². The minimum Gasteiger partial charge on any atom is -0.478 e. The van der Waals surface area contributed by atoms with E-state index in [1.807, 2.05) is 18.3 Å². The highest BCUT2D eigenvalue weighted by atomic mass is 79.9. The van der Waals surface area contributed by atoms with Crippen LogP contribution in [-0.2, 0) is 6.42 Å². The Morgan fingerprint density at radius 2 is 1.77 bits per heavy atom. The van der Waals surface area contributed by atoms with E-state index in [-0.39, 0.29) is 0 Å². The van der Waals surface area contributed by atoms with Crippen LogP contribution in [0.4, 0.5) is 0 Å². The Morgan fingerprint density at radius 1 is 1.04 bits per heavy atom. The number of rotatable bonds is 12. The normalized spacial score (nSPS) is 10.9. The lowest BCUT2D eigenvalue weighted by molar-refractivity contribution is 0.290. The number of nitrogens with zero attached hydrogens (tertiary/aromatic N) is 2. The van der Waals surface area contributed by atoms with Crippen molar-refractivity contribution in [2.75, 3.05) is 26.7 Å². The molecule has 0 N–H and O–H groups in total. The molecule has 0 fully saturated rings. The first-order chi connectivity index (χ1) is 12.7. The molecule has 26 heavy (non-hydrogen) atoms. The molecule has 0 amide bonds. The predicted octanol–water partition coefficient (Wildman–Crippen LogP) is 5.49. The highest BCUT2D eigenvalue weighted by Crippen LogP contribution is 2.15. The Hall–Kier alpha value is -1.65. The SMILES string of the molecule is C=CCN(C)CCCCCCOc1ccc(Cc2ccc(Br)cc2)cn1. The topological polar surface area (TPSA) is 25.4 Å². The number of unbranched alkanes of at least 4 members (excludes halogenated alkanes) is 3. The molecule has 1 aromatic carbocycles. The first-order valence-electron chi connectivity index (χ1n) is 9.29. The van der Waals surface area contributed by atoms with E-state index in [0.717, 1.165) is 42.9 Å². The maximum Gasteiger partial charge on any atom is 0.213 e. The van der Waals surface area contributed by atoms with Gasteiger partial charge in [-0.1, -0.05) is 53.0 Å². The number of hydrogen-bond acceptors (Lipinski definition) is 3. The molecular weight excluding hydrogens is 388 g/mol. The Kier molecular flexibility index (Phi) is 9.43. The molecule has 2 aromatic rings. The smallest absolute Gasteiger partial charge is 0.213 e. The fourth-order valence-electron chi connectivity index (χ4n) is 2.76. The van der Waals surface area contributed by atoms with Crippen molar-refractivity contribution in [2.45, 2.75) is 32.1 Å². The molecule has 0 saturated heterocycles. The second-order valence-corrected chi connectivity index (χ2v) is 7.54. The number of halogens is 1. The fraction of sp³-hybridized carbons (Fsp3) is 0.409. The largest absolute Gasteiger partial charge is 0.478 e. The molecule has 1 heterocycles. The van der Waals surface area contributed by atoms with Gasteiger partial charge in [-0.25, -0.2) is 4.98 Å². The molecule has 2 rings (SSSR count). The molecule has 3 nitrogen and oxygen atoms in total. The molecule has 0 aliphatic carbocycles. The summed E-state index contributed by atoms with van der Waals surface area (Å²) in [5, 5.41) is 0. The van der Waals surface area contributed by atoms with Crippen molar-refractivity contribution in [1.29, 1.82) is 0 Å². The van der Waals surface area contributed by atoms with Crippen LogP contribution < -0.4 is 4.74 Å². The van der Waals surface area contributed by atoms with Gasteiger partial charge in [-0.2, -0.15) is 0 Å². The zero-order valence-electron chi connectivity index (χ0n) is 15.7. The lowest BCUT2D eigenvalue weighted by atomic mass is 10.1. The summed E-state index contributed by atoms with van der Waals surface area (Å²) >= 11 is 3.46. The van der Waals surface area contributed by atoms with Crippen molar-refractivity contribution in [3.63, 3.8) is 0 Å². The summed E-state index contributed by atoms with van der Waals surface area (Å²) in [4.78, 5) is 6.72. The lowest BCUT2D eigenvalue weighted by Gasteiger charge is -2.13.